The molecular formula is C20H25N3O2S2. The maximum Gasteiger partial charge on any atom is 0.263 e. The van der Waals surface area contributed by atoms with E-state index in [-0.39, 0.29) is 22.8 Å². The molecule has 0 spiro atoms. The van der Waals surface area contributed by atoms with Gasteiger partial charge in [-0.1, -0.05) is 24.6 Å². The number of aromatic nitrogens is 2. The Morgan fingerprint density at radius 3 is 2.59 bits per heavy atom. The Kier molecular flexibility index (Phi) is 4.55. The van der Waals surface area contributed by atoms with E-state index in [2.05, 4.69) is 0 Å². The van der Waals surface area contributed by atoms with Crippen LogP contribution in [0, 0.1) is 0 Å². The zero-order valence-corrected chi connectivity index (χ0v) is 17.3. The zero-order chi connectivity index (χ0) is 18.5. The lowest BCUT2D eigenvalue weighted by atomic mass is 9.97. The van der Waals surface area contributed by atoms with Gasteiger partial charge in [0, 0.05) is 24.5 Å². The van der Waals surface area contributed by atoms with Crippen LogP contribution in [0.4, 0.5) is 0 Å². The Morgan fingerprint density at radius 2 is 1.85 bits per heavy atom. The second-order valence-corrected chi connectivity index (χ2v) is 10.3. The summed E-state index contributed by atoms with van der Waals surface area (Å²) < 4.78 is 1.97. The first-order valence-corrected chi connectivity index (χ1v) is 11.8. The second kappa shape index (κ2) is 6.92. The highest BCUT2D eigenvalue weighted by atomic mass is 32.2. The lowest BCUT2D eigenvalue weighted by molar-refractivity contribution is -0.126. The van der Waals surface area contributed by atoms with Gasteiger partial charge < -0.3 is 4.90 Å². The maximum absolute atomic E-state index is 13.6. The van der Waals surface area contributed by atoms with Crippen molar-refractivity contribution >= 4 is 39.2 Å². The Bertz CT molecular complexity index is 958. The van der Waals surface area contributed by atoms with Crippen LogP contribution < -0.4 is 5.56 Å². The monoisotopic (exact) mass is 403 g/mol. The van der Waals surface area contributed by atoms with Gasteiger partial charge in [0.25, 0.3) is 5.56 Å². The number of hydrogen-bond donors (Lipinski definition) is 0. The molecule has 144 valence electrons. The SMILES string of the molecule is CN1CCC(Sc2nc3sc4c(c3c(=O)n2C2CCCC2)CCCC4)C1=O. The molecule has 0 bridgehead atoms. The minimum atomic E-state index is -0.110. The van der Waals surface area contributed by atoms with E-state index >= 15 is 0 Å². The van der Waals surface area contributed by atoms with Crippen molar-refractivity contribution in [2.75, 3.05) is 13.6 Å². The van der Waals surface area contributed by atoms with Crippen LogP contribution in [0.2, 0.25) is 0 Å². The zero-order valence-electron chi connectivity index (χ0n) is 15.7. The molecule has 2 aliphatic carbocycles. The number of likely N-dealkylation sites (tertiary alicyclic amines) is 1. The number of fused-ring (bicyclic) bond motifs is 3. The van der Waals surface area contributed by atoms with Gasteiger partial charge in [-0.05, 0) is 50.5 Å². The molecule has 0 N–H and O–H groups in total. The summed E-state index contributed by atoms with van der Waals surface area (Å²) in [6.45, 7) is 0.791. The molecule has 1 atom stereocenters. The van der Waals surface area contributed by atoms with Gasteiger partial charge in [-0.3, -0.25) is 14.2 Å². The third-order valence-corrected chi connectivity index (χ3v) is 8.71. The summed E-state index contributed by atoms with van der Waals surface area (Å²) in [4.78, 5) is 35.1. The van der Waals surface area contributed by atoms with Crippen molar-refractivity contribution in [2.24, 2.45) is 0 Å². The van der Waals surface area contributed by atoms with E-state index in [1.54, 1.807) is 16.2 Å². The van der Waals surface area contributed by atoms with Crippen molar-refractivity contribution in [3.8, 4) is 0 Å². The highest BCUT2D eigenvalue weighted by Crippen LogP contribution is 2.39. The largest absolute Gasteiger partial charge is 0.345 e. The maximum atomic E-state index is 13.6. The molecule has 3 heterocycles. The fourth-order valence-corrected chi connectivity index (χ4v) is 7.35. The van der Waals surface area contributed by atoms with Crippen LogP contribution in [0.15, 0.2) is 9.95 Å². The van der Waals surface area contributed by atoms with Gasteiger partial charge in [-0.2, -0.15) is 0 Å². The Labute approximate surface area is 167 Å². The summed E-state index contributed by atoms with van der Waals surface area (Å²) in [5.41, 5.74) is 1.41. The third-order valence-electron chi connectivity index (χ3n) is 6.30. The Morgan fingerprint density at radius 1 is 1.07 bits per heavy atom. The van der Waals surface area contributed by atoms with E-state index < -0.39 is 0 Å². The van der Waals surface area contributed by atoms with E-state index in [0.717, 1.165) is 54.0 Å². The summed E-state index contributed by atoms with van der Waals surface area (Å²) in [5.74, 6) is 0.165. The molecule has 0 radical (unpaired) electrons. The van der Waals surface area contributed by atoms with E-state index in [1.807, 2.05) is 11.6 Å². The highest BCUT2D eigenvalue weighted by Gasteiger charge is 2.33. The smallest absolute Gasteiger partial charge is 0.263 e. The minimum absolute atomic E-state index is 0.110. The van der Waals surface area contributed by atoms with Crippen molar-refractivity contribution in [1.29, 1.82) is 0 Å². The molecule has 5 nitrogen and oxygen atoms in total. The lowest BCUT2D eigenvalue weighted by Crippen LogP contribution is -2.29. The summed E-state index contributed by atoms with van der Waals surface area (Å²) in [6, 6.07) is 0.241. The molecule has 1 unspecified atom stereocenters. The lowest BCUT2D eigenvalue weighted by Gasteiger charge is -2.20. The van der Waals surface area contributed by atoms with Crippen LogP contribution in [0.5, 0.6) is 0 Å². The van der Waals surface area contributed by atoms with Crippen LogP contribution in [-0.2, 0) is 17.6 Å². The van der Waals surface area contributed by atoms with Crippen molar-refractivity contribution in [1.82, 2.24) is 14.5 Å². The quantitative estimate of drug-likeness (QED) is 0.732. The van der Waals surface area contributed by atoms with Gasteiger partial charge in [-0.25, -0.2) is 4.98 Å². The highest BCUT2D eigenvalue weighted by molar-refractivity contribution is 8.00. The van der Waals surface area contributed by atoms with E-state index in [0.29, 0.717) is 0 Å². The van der Waals surface area contributed by atoms with E-state index in [9.17, 15) is 9.59 Å². The van der Waals surface area contributed by atoms with E-state index in [1.165, 1.54) is 47.9 Å². The molecule has 5 rings (SSSR count). The number of carbonyl (C=O) groups excluding carboxylic acids is 1. The number of carbonyl (C=O) groups is 1. The minimum Gasteiger partial charge on any atom is -0.345 e. The van der Waals surface area contributed by atoms with Crippen LogP contribution in [0.3, 0.4) is 0 Å². The van der Waals surface area contributed by atoms with Crippen LogP contribution in [0.1, 0.15) is 61.4 Å². The van der Waals surface area contributed by atoms with Crippen LogP contribution in [0.25, 0.3) is 10.2 Å². The standard InChI is InChI=1S/C20H25N3O2S2/c1-22-11-10-15(18(22)24)27-20-21-17-16(13-8-4-5-9-14(13)26-17)19(25)23(20)12-6-2-3-7-12/h12,15H,2-11H2,1H3. The topological polar surface area (TPSA) is 55.2 Å². The van der Waals surface area contributed by atoms with Crippen molar-refractivity contribution in [3.63, 3.8) is 0 Å². The normalized spacial score (nSPS) is 23.5. The first-order chi connectivity index (χ1) is 13.1. The molecule has 2 aromatic rings. The van der Waals surface area contributed by atoms with Gasteiger partial charge in [0.15, 0.2) is 5.16 Å². The molecule has 27 heavy (non-hydrogen) atoms. The molecule has 1 amide bonds. The number of aryl methyl sites for hydroxylation is 2. The fourth-order valence-electron chi connectivity index (χ4n) is 4.79. The second-order valence-electron chi connectivity index (χ2n) is 8.05. The molecule has 1 saturated carbocycles. The molecule has 3 aliphatic rings. The molecular weight excluding hydrogens is 378 g/mol. The first-order valence-electron chi connectivity index (χ1n) is 10.1. The third kappa shape index (κ3) is 2.94. The Hall–Kier alpha value is -1.34. The van der Waals surface area contributed by atoms with Gasteiger partial charge in [-0.15, -0.1) is 11.3 Å². The predicted molar refractivity (Wildman–Crippen MR) is 110 cm³/mol. The molecule has 1 saturated heterocycles. The number of rotatable bonds is 3. The number of hydrogen-bond acceptors (Lipinski definition) is 5. The molecule has 7 heteroatoms. The average molecular weight is 404 g/mol. The van der Waals surface area contributed by atoms with Crippen LogP contribution in [-0.4, -0.2) is 39.2 Å². The molecule has 1 aliphatic heterocycles. The average Bonchev–Trinajstić information content (AvgIpc) is 3.37. The first kappa shape index (κ1) is 17.7. The Balaban J connectivity index is 1.65. The van der Waals surface area contributed by atoms with Crippen molar-refractivity contribution < 1.29 is 4.79 Å². The van der Waals surface area contributed by atoms with Gasteiger partial charge in [0.1, 0.15) is 4.83 Å². The number of nitrogens with zero attached hydrogens (tertiary/aromatic N) is 3. The molecule has 2 fully saturated rings. The van der Waals surface area contributed by atoms with Crippen molar-refractivity contribution in [2.45, 2.75) is 74.2 Å². The van der Waals surface area contributed by atoms with Gasteiger partial charge >= 0.3 is 0 Å². The fraction of sp³-hybridized carbons (Fsp3) is 0.650. The summed E-state index contributed by atoms with van der Waals surface area (Å²) in [6.07, 6.45) is 9.74. The molecule has 0 aromatic carbocycles. The van der Waals surface area contributed by atoms with Gasteiger partial charge in [0.2, 0.25) is 5.91 Å². The predicted octanol–water partition coefficient (Wildman–Crippen LogP) is 3.77. The summed E-state index contributed by atoms with van der Waals surface area (Å²) in [7, 11) is 1.86. The van der Waals surface area contributed by atoms with E-state index in [4.69, 9.17) is 4.98 Å². The van der Waals surface area contributed by atoms with Crippen molar-refractivity contribution in [3.05, 3.63) is 20.8 Å². The summed E-state index contributed by atoms with van der Waals surface area (Å²) >= 11 is 3.22. The molecule has 2 aromatic heterocycles. The van der Waals surface area contributed by atoms with Crippen LogP contribution >= 0.6 is 23.1 Å². The van der Waals surface area contributed by atoms with Gasteiger partial charge in [0.05, 0.1) is 10.6 Å². The number of amides is 1. The number of thioether (sulfide) groups is 1. The summed E-state index contributed by atoms with van der Waals surface area (Å²) in [5, 5.41) is 1.54. The number of thiophene rings is 1.